The molecule has 104 valence electrons. The second kappa shape index (κ2) is 4.71. The van der Waals surface area contributed by atoms with Crippen molar-refractivity contribution in [3.8, 4) is 0 Å². The maximum Gasteiger partial charge on any atom is 0.266 e. The van der Waals surface area contributed by atoms with Gasteiger partial charge in [0.25, 0.3) is 11.8 Å². The Morgan fingerprint density at radius 1 is 1.00 bits per heavy atom. The van der Waals surface area contributed by atoms with E-state index in [9.17, 15) is 14.4 Å². The molecule has 6 heteroatoms. The minimum atomic E-state index is -0.724. The minimum absolute atomic E-state index is 0.0609. The lowest BCUT2D eigenvalue weighted by atomic mass is 10.1. The van der Waals surface area contributed by atoms with E-state index in [2.05, 4.69) is 0 Å². The Hall–Kier alpha value is -2.66. The molecule has 5 nitrogen and oxygen atoms in total. The van der Waals surface area contributed by atoms with Crippen molar-refractivity contribution in [2.75, 3.05) is 4.90 Å². The Morgan fingerprint density at radius 3 is 2.10 bits per heavy atom. The fraction of sp³-hybridized carbons (Fsp3) is 0. The molecule has 0 unspecified atom stereocenters. The molecular weight excluding hydrogens is 292 g/mol. The standard InChI is InChI=1S/C15H9ClN2O3/c16-12-6-5-8(7-11(12)13(17)19)18-14(20)9-3-1-2-4-10(9)15(18)21/h1-7H,(H2,17,19). The normalized spacial score (nSPS) is 13.5. The molecule has 0 saturated carbocycles. The van der Waals surface area contributed by atoms with E-state index in [0.717, 1.165) is 4.90 Å². The van der Waals surface area contributed by atoms with E-state index >= 15 is 0 Å². The fourth-order valence-corrected chi connectivity index (χ4v) is 2.48. The number of rotatable bonds is 2. The molecule has 0 fully saturated rings. The van der Waals surface area contributed by atoms with E-state index in [-0.39, 0.29) is 16.3 Å². The third-order valence-corrected chi connectivity index (χ3v) is 3.60. The number of amides is 3. The molecule has 2 aromatic rings. The van der Waals surface area contributed by atoms with Gasteiger partial charge < -0.3 is 5.73 Å². The van der Waals surface area contributed by atoms with Crippen LogP contribution in [-0.4, -0.2) is 17.7 Å². The smallest absolute Gasteiger partial charge is 0.266 e. The zero-order valence-electron chi connectivity index (χ0n) is 10.7. The van der Waals surface area contributed by atoms with Gasteiger partial charge in [0.1, 0.15) is 0 Å². The molecule has 0 saturated heterocycles. The van der Waals surface area contributed by atoms with Crippen LogP contribution in [0.3, 0.4) is 0 Å². The quantitative estimate of drug-likeness (QED) is 0.864. The average Bonchev–Trinajstić information content (AvgIpc) is 2.72. The topological polar surface area (TPSA) is 80.5 Å². The Kier molecular flexibility index (Phi) is 2.99. The summed E-state index contributed by atoms with van der Waals surface area (Å²) in [6.07, 6.45) is 0. The van der Waals surface area contributed by atoms with Crippen molar-refractivity contribution in [3.63, 3.8) is 0 Å². The van der Waals surface area contributed by atoms with Crippen molar-refractivity contribution in [1.29, 1.82) is 0 Å². The highest BCUT2D eigenvalue weighted by Crippen LogP contribution is 2.30. The van der Waals surface area contributed by atoms with Gasteiger partial charge in [0.05, 0.1) is 27.4 Å². The third-order valence-electron chi connectivity index (χ3n) is 3.27. The Bertz CT molecular complexity index is 766. The van der Waals surface area contributed by atoms with Gasteiger partial charge in [-0.25, -0.2) is 4.90 Å². The van der Waals surface area contributed by atoms with Crippen LogP contribution in [0.15, 0.2) is 42.5 Å². The van der Waals surface area contributed by atoms with Crippen molar-refractivity contribution in [2.45, 2.75) is 0 Å². The van der Waals surface area contributed by atoms with Gasteiger partial charge in [-0.15, -0.1) is 0 Å². The van der Waals surface area contributed by atoms with Crippen LogP contribution in [0.25, 0.3) is 0 Å². The lowest BCUT2D eigenvalue weighted by Gasteiger charge is -2.15. The summed E-state index contributed by atoms with van der Waals surface area (Å²) in [5, 5.41) is 0.169. The van der Waals surface area contributed by atoms with Gasteiger partial charge in [-0.2, -0.15) is 0 Å². The van der Waals surface area contributed by atoms with Crippen LogP contribution in [0.4, 0.5) is 5.69 Å². The summed E-state index contributed by atoms with van der Waals surface area (Å²) in [6.45, 7) is 0. The summed E-state index contributed by atoms with van der Waals surface area (Å²) in [5.74, 6) is -1.60. The predicted octanol–water partition coefficient (Wildman–Crippen LogP) is 2.24. The molecule has 2 aromatic carbocycles. The van der Waals surface area contributed by atoms with Gasteiger partial charge >= 0.3 is 0 Å². The number of carbonyl (C=O) groups excluding carboxylic acids is 3. The number of anilines is 1. The zero-order valence-corrected chi connectivity index (χ0v) is 11.4. The van der Waals surface area contributed by atoms with Gasteiger partial charge in [0.2, 0.25) is 5.91 Å². The summed E-state index contributed by atoms with van der Waals surface area (Å²) in [5.41, 5.74) is 6.21. The number of primary amides is 1. The zero-order chi connectivity index (χ0) is 15.1. The molecule has 0 spiro atoms. The Balaban J connectivity index is 2.11. The van der Waals surface area contributed by atoms with Crippen LogP contribution >= 0.6 is 11.6 Å². The lowest BCUT2D eigenvalue weighted by Crippen LogP contribution is -2.29. The monoisotopic (exact) mass is 300 g/mol. The highest BCUT2D eigenvalue weighted by Gasteiger charge is 2.36. The molecule has 1 heterocycles. The van der Waals surface area contributed by atoms with E-state index in [4.69, 9.17) is 17.3 Å². The summed E-state index contributed by atoms with van der Waals surface area (Å²) in [6, 6.07) is 10.8. The van der Waals surface area contributed by atoms with Gasteiger partial charge in [-0.3, -0.25) is 14.4 Å². The average molecular weight is 301 g/mol. The van der Waals surface area contributed by atoms with E-state index in [1.54, 1.807) is 24.3 Å². The maximum atomic E-state index is 12.3. The second-order valence-electron chi connectivity index (χ2n) is 4.52. The Labute approximate surface area is 124 Å². The largest absolute Gasteiger partial charge is 0.366 e. The number of hydrogen-bond donors (Lipinski definition) is 1. The van der Waals surface area contributed by atoms with Crippen LogP contribution in [0.5, 0.6) is 0 Å². The van der Waals surface area contributed by atoms with Gasteiger partial charge in [-0.1, -0.05) is 23.7 Å². The highest BCUT2D eigenvalue weighted by atomic mass is 35.5. The predicted molar refractivity (Wildman–Crippen MR) is 77.6 cm³/mol. The van der Waals surface area contributed by atoms with Crippen molar-refractivity contribution >= 4 is 35.0 Å². The number of nitrogens with two attached hydrogens (primary N) is 1. The molecule has 0 aromatic heterocycles. The molecule has 0 atom stereocenters. The van der Waals surface area contributed by atoms with Gasteiger partial charge in [0, 0.05) is 0 Å². The molecule has 0 radical (unpaired) electrons. The minimum Gasteiger partial charge on any atom is -0.366 e. The van der Waals surface area contributed by atoms with Crippen molar-refractivity contribution in [1.82, 2.24) is 0 Å². The van der Waals surface area contributed by atoms with Crippen LogP contribution in [0.1, 0.15) is 31.1 Å². The number of carbonyl (C=O) groups is 3. The van der Waals surface area contributed by atoms with Crippen molar-refractivity contribution in [2.24, 2.45) is 5.73 Å². The fourth-order valence-electron chi connectivity index (χ4n) is 2.26. The molecule has 3 amide bonds. The van der Waals surface area contributed by atoms with Crippen LogP contribution in [0.2, 0.25) is 5.02 Å². The van der Waals surface area contributed by atoms with Crippen molar-refractivity contribution in [3.05, 3.63) is 64.2 Å². The second-order valence-corrected chi connectivity index (χ2v) is 4.93. The first-order chi connectivity index (χ1) is 10.0. The number of imide groups is 1. The van der Waals surface area contributed by atoms with E-state index in [1.807, 2.05) is 0 Å². The third kappa shape index (κ3) is 1.98. The SMILES string of the molecule is NC(=O)c1cc(N2C(=O)c3ccccc3C2=O)ccc1Cl. The summed E-state index contributed by atoms with van der Waals surface area (Å²) < 4.78 is 0. The summed E-state index contributed by atoms with van der Waals surface area (Å²) in [7, 11) is 0. The number of nitrogens with zero attached hydrogens (tertiary/aromatic N) is 1. The number of benzene rings is 2. The molecule has 0 aliphatic carbocycles. The summed E-state index contributed by atoms with van der Waals surface area (Å²) in [4.78, 5) is 37.0. The number of hydrogen-bond acceptors (Lipinski definition) is 3. The van der Waals surface area contributed by atoms with Crippen LogP contribution in [-0.2, 0) is 0 Å². The molecule has 2 N–H and O–H groups in total. The summed E-state index contributed by atoms with van der Waals surface area (Å²) >= 11 is 5.87. The lowest BCUT2D eigenvalue weighted by molar-refractivity contribution is 0.0923. The van der Waals surface area contributed by atoms with Crippen LogP contribution in [0, 0.1) is 0 Å². The maximum absolute atomic E-state index is 12.3. The Morgan fingerprint density at radius 2 is 1.57 bits per heavy atom. The first kappa shape index (κ1) is 13.3. The molecular formula is C15H9ClN2O3. The van der Waals surface area contributed by atoms with Crippen molar-refractivity contribution < 1.29 is 14.4 Å². The first-order valence-corrected chi connectivity index (χ1v) is 6.45. The number of fused-ring (bicyclic) bond motifs is 1. The van der Waals surface area contributed by atoms with E-state index in [0.29, 0.717) is 11.1 Å². The highest BCUT2D eigenvalue weighted by molar-refractivity contribution is 6.36. The van der Waals surface area contributed by atoms with E-state index in [1.165, 1.54) is 18.2 Å². The van der Waals surface area contributed by atoms with E-state index < -0.39 is 17.7 Å². The van der Waals surface area contributed by atoms with Gasteiger partial charge in [-0.05, 0) is 30.3 Å². The van der Waals surface area contributed by atoms with Crippen LogP contribution < -0.4 is 10.6 Å². The first-order valence-electron chi connectivity index (χ1n) is 6.08. The molecule has 1 aliphatic rings. The molecule has 0 bridgehead atoms. The molecule has 1 aliphatic heterocycles. The molecule has 21 heavy (non-hydrogen) atoms. The molecule has 3 rings (SSSR count). The number of halogens is 1. The van der Waals surface area contributed by atoms with Gasteiger partial charge in [0.15, 0.2) is 0 Å².